The molecule has 0 bridgehead atoms. The van der Waals surface area contributed by atoms with Crippen LogP contribution in [-0.2, 0) is 0 Å². The van der Waals surface area contributed by atoms with Crippen molar-refractivity contribution < 1.29 is 9.72 Å². The molecule has 18 heavy (non-hydrogen) atoms. The van der Waals surface area contributed by atoms with E-state index < -0.39 is 10.5 Å². The summed E-state index contributed by atoms with van der Waals surface area (Å²) in [5, 5.41) is 13.3. The van der Waals surface area contributed by atoms with Gasteiger partial charge in [-0.25, -0.2) is 0 Å². The Hall–Kier alpha value is -1.18. The molecule has 0 aliphatic carbocycles. The fourth-order valence-corrected chi connectivity index (χ4v) is 2.06. The summed E-state index contributed by atoms with van der Waals surface area (Å²) < 4.78 is 0. The second-order valence-corrected chi connectivity index (χ2v) is 5.74. The van der Waals surface area contributed by atoms with Crippen LogP contribution in [0.2, 0.25) is 0 Å². The minimum absolute atomic E-state index is 0. The number of thiophene rings is 1. The van der Waals surface area contributed by atoms with Gasteiger partial charge in [0.05, 0.1) is 14.7 Å². The first-order valence-corrected chi connectivity index (χ1v) is 5.84. The van der Waals surface area contributed by atoms with Crippen molar-refractivity contribution in [2.75, 3.05) is 6.54 Å². The monoisotopic (exact) mass is 293 g/mol. The van der Waals surface area contributed by atoms with E-state index in [1.807, 2.05) is 0 Å². The van der Waals surface area contributed by atoms with Gasteiger partial charge >= 0.3 is 0 Å². The summed E-state index contributed by atoms with van der Waals surface area (Å²) in [6.07, 6.45) is 0. The zero-order valence-electron chi connectivity index (χ0n) is 10.4. The average molecular weight is 294 g/mol. The van der Waals surface area contributed by atoms with E-state index in [9.17, 15) is 14.9 Å². The quantitative estimate of drug-likeness (QED) is 0.654. The van der Waals surface area contributed by atoms with Crippen LogP contribution in [0.3, 0.4) is 0 Å². The molecule has 1 aromatic rings. The number of rotatable bonds is 4. The molecule has 8 heteroatoms. The van der Waals surface area contributed by atoms with Crippen LogP contribution in [0.15, 0.2) is 6.07 Å². The number of carbonyl (C=O) groups is 1. The molecule has 0 saturated heterocycles. The molecule has 0 saturated carbocycles. The third-order valence-corrected chi connectivity index (χ3v) is 3.06. The Labute approximate surface area is 115 Å². The minimum Gasteiger partial charge on any atom is -0.350 e. The van der Waals surface area contributed by atoms with Crippen LogP contribution >= 0.6 is 23.7 Å². The molecule has 3 N–H and O–H groups in total. The van der Waals surface area contributed by atoms with E-state index in [1.165, 1.54) is 6.07 Å². The van der Waals surface area contributed by atoms with Gasteiger partial charge in [-0.3, -0.25) is 14.9 Å². The van der Waals surface area contributed by atoms with Crippen molar-refractivity contribution in [1.29, 1.82) is 0 Å². The number of nitrogens with one attached hydrogen (secondary N) is 1. The number of nitro groups is 1. The van der Waals surface area contributed by atoms with E-state index in [4.69, 9.17) is 5.73 Å². The largest absolute Gasteiger partial charge is 0.350 e. The molecule has 6 nitrogen and oxygen atoms in total. The Morgan fingerprint density at radius 3 is 2.56 bits per heavy atom. The number of nitrogens with two attached hydrogens (primary N) is 1. The molecule has 0 radical (unpaired) electrons. The first kappa shape index (κ1) is 16.8. The summed E-state index contributed by atoms with van der Waals surface area (Å²) in [7, 11) is 0. The lowest BCUT2D eigenvalue weighted by Gasteiger charge is -2.18. The summed E-state index contributed by atoms with van der Waals surface area (Å²) in [5.74, 6) is -0.329. The molecule has 0 aromatic carbocycles. The molecule has 0 aliphatic heterocycles. The van der Waals surface area contributed by atoms with Crippen molar-refractivity contribution in [3.8, 4) is 0 Å². The molecule has 0 atom stereocenters. The number of amides is 1. The summed E-state index contributed by atoms with van der Waals surface area (Å²) in [6.45, 7) is 5.51. The third kappa shape index (κ3) is 4.59. The highest BCUT2D eigenvalue weighted by Gasteiger charge is 2.20. The van der Waals surface area contributed by atoms with Gasteiger partial charge in [0.1, 0.15) is 0 Å². The van der Waals surface area contributed by atoms with Crippen LogP contribution in [0.1, 0.15) is 28.4 Å². The van der Waals surface area contributed by atoms with Crippen molar-refractivity contribution in [2.24, 2.45) is 5.73 Å². The number of nitrogens with zero attached hydrogens (tertiary/aromatic N) is 1. The van der Waals surface area contributed by atoms with E-state index >= 15 is 0 Å². The van der Waals surface area contributed by atoms with Crippen molar-refractivity contribution in [3.63, 3.8) is 0 Å². The smallest absolute Gasteiger partial charge is 0.283 e. The van der Waals surface area contributed by atoms with E-state index in [-0.39, 0.29) is 24.0 Å². The summed E-state index contributed by atoms with van der Waals surface area (Å²) in [4.78, 5) is 22.7. The Morgan fingerprint density at radius 1 is 1.61 bits per heavy atom. The number of carbonyl (C=O) groups excluding carboxylic acids is 1. The highest BCUT2D eigenvalue weighted by Crippen LogP contribution is 2.27. The van der Waals surface area contributed by atoms with Crippen molar-refractivity contribution in [2.45, 2.75) is 26.3 Å². The predicted octanol–water partition coefficient (Wildman–Crippen LogP) is 1.85. The van der Waals surface area contributed by atoms with Gasteiger partial charge in [0.2, 0.25) is 0 Å². The van der Waals surface area contributed by atoms with Gasteiger partial charge in [0.15, 0.2) is 0 Å². The summed E-state index contributed by atoms with van der Waals surface area (Å²) in [6, 6.07) is 1.29. The van der Waals surface area contributed by atoms with Gasteiger partial charge in [0, 0.05) is 18.2 Å². The van der Waals surface area contributed by atoms with Gasteiger partial charge in [-0.2, -0.15) is 0 Å². The number of hydrogen-bond donors (Lipinski definition) is 2. The zero-order valence-corrected chi connectivity index (χ0v) is 12.0. The van der Waals surface area contributed by atoms with Crippen LogP contribution in [0.25, 0.3) is 0 Å². The number of halogens is 1. The molecule has 1 heterocycles. The second-order valence-electron chi connectivity index (χ2n) is 4.48. The van der Waals surface area contributed by atoms with Crippen LogP contribution in [0, 0.1) is 17.0 Å². The van der Waals surface area contributed by atoms with Crippen LogP contribution in [-0.4, -0.2) is 22.9 Å². The van der Waals surface area contributed by atoms with Gasteiger partial charge in [-0.1, -0.05) is 0 Å². The molecule has 0 fully saturated rings. The van der Waals surface area contributed by atoms with Crippen LogP contribution in [0.5, 0.6) is 0 Å². The minimum atomic E-state index is -0.506. The molecule has 0 unspecified atom stereocenters. The van der Waals surface area contributed by atoms with Crippen molar-refractivity contribution in [3.05, 3.63) is 25.9 Å². The first-order chi connectivity index (χ1) is 7.70. The second kappa shape index (κ2) is 6.12. The molecule has 1 rings (SSSR count). The van der Waals surface area contributed by atoms with Gasteiger partial charge in [0.25, 0.3) is 11.6 Å². The maximum Gasteiger partial charge on any atom is 0.283 e. The van der Waals surface area contributed by atoms with Crippen molar-refractivity contribution in [1.82, 2.24) is 5.32 Å². The highest BCUT2D eigenvalue weighted by atomic mass is 35.5. The normalized spacial score (nSPS) is 10.7. The van der Waals surface area contributed by atoms with Crippen LogP contribution in [0.4, 0.5) is 5.69 Å². The van der Waals surface area contributed by atoms with Gasteiger partial charge < -0.3 is 11.1 Å². The number of aryl methyl sites for hydroxylation is 1. The fraction of sp³-hybridized carbons (Fsp3) is 0.500. The molecule has 0 spiro atoms. The predicted molar refractivity (Wildman–Crippen MR) is 73.6 cm³/mol. The van der Waals surface area contributed by atoms with E-state index in [0.29, 0.717) is 16.3 Å². The number of hydrogen-bond acceptors (Lipinski definition) is 5. The molecular formula is C10H16ClN3O3S. The SMILES string of the molecule is Cc1sc(C(=O)NCC(C)(C)N)cc1[N+](=O)[O-].Cl. The Balaban J connectivity index is 0.00000289. The van der Waals surface area contributed by atoms with Gasteiger partial charge in [-0.05, 0) is 20.8 Å². The van der Waals surface area contributed by atoms with E-state index in [1.54, 1.807) is 20.8 Å². The maximum absolute atomic E-state index is 11.7. The molecule has 1 amide bonds. The zero-order chi connectivity index (χ0) is 13.2. The molecule has 1 aromatic heterocycles. The molecule has 0 aliphatic rings. The lowest BCUT2D eigenvalue weighted by atomic mass is 10.1. The van der Waals surface area contributed by atoms with E-state index in [2.05, 4.69) is 5.32 Å². The van der Waals surface area contributed by atoms with Crippen molar-refractivity contribution >= 4 is 35.3 Å². The maximum atomic E-state index is 11.7. The topological polar surface area (TPSA) is 98.3 Å². The lowest BCUT2D eigenvalue weighted by Crippen LogP contribution is -2.44. The summed E-state index contributed by atoms with van der Waals surface area (Å²) >= 11 is 1.11. The van der Waals surface area contributed by atoms with E-state index in [0.717, 1.165) is 11.3 Å². The first-order valence-electron chi connectivity index (χ1n) is 5.02. The average Bonchev–Trinajstić information content (AvgIpc) is 2.55. The Kier molecular flexibility index (Phi) is 5.72. The highest BCUT2D eigenvalue weighted by molar-refractivity contribution is 7.14. The third-order valence-electron chi connectivity index (χ3n) is 2.02. The molecule has 102 valence electrons. The van der Waals surface area contributed by atoms with Crippen LogP contribution < -0.4 is 11.1 Å². The Morgan fingerprint density at radius 2 is 2.17 bits per heavy atom. The standard InChI is InChI=1S/C10H15N3O3S.ClH/c1-6-7(13(15)16)4-8(17-6)9(14)12-5-10(2,3)11;/h4H,5,11H2,1-3H3,(H,12,14);1H. The lowest BCUT2D eigenvalue weighted by molar-refractivity contribution is -0.385. The fourth-order valence-electron chi connectivity index (χ4n) is 1.16. The summed E-state index contributed by atoms with van der Waals surface area (Å²) in [5.41, 5.74) is 5.20. The van der Waals surface area contributed by atoms with Gasteiger partial charge in [-0.15, -0.1) is 23.7 Å². The Bertz CT molecular complexity index is 454. The molecular weight excluding hydrogens is 278 g/mol.